The van der Waals surface area contributed by atoms with Gasteiger partial charge < -0.3 is 0 Å². The van der Waals surface area contributed by atoms with Gasteiger partial charge in [-0.1, -0.05) is 67.6 Å². The fourth-order valence-electron chi connectivity index (χ4n) is 2.79. The molecule has 0 fully saturated rings. The van der Waals surface area contributed by atoms with Crippen molar-refractivity contribution in [2.45, 2.75) is 19.8 Å². The average Bonchev–Trinajstić information content (AvgIpc) is 2.83. The van der Waals surface area contributed by atoms with Crippen molar-refractivity contribution in [2.75, 3.05) is 6.54 Å². The molecule has 0 aliphatic carbocycles. The maximum Gasteiger partial charge on any atom is 0.264 e. The Balaban J connectivity index is 1.89. The van der Waals surface area contributed by atoms with E-state index in [-0.39, 0.29) is 5.92 Å². The summed E-state index contributed by atoms with van der Waals surface area (Å²) in [5.41, 5.74) is 2.54. The first kappa shape index (κ1) is 16.5. The first-order valence-corrected chi connectivity index (χ1v) is 9.36. The molecule has 0 radical (unpaired) electrons. The number of sulfonamides is 1. The van der Waals surface area contributed by atoms with E-state index in [0.29, 0.717) is 28.4 Å². The molecule has 2 aromatic rings. The van der Waals surface area contributed by atoms with Crippen molar-refractivity contribution >= 4 is 20.8 Å². The molecule has 5 heteroatoms. The third kappa shape index (κ3) is 3.26. The van der Waals surface area contributed by atoms with Crippen LogP contribution in [0.15, 0.2) is 71.2 Å². The lowest BCUT2D eigenvalue weighted by Crippen LogP contribution is -2.24. The fraction of sp³-hybridized carbons (Fsp3) is 0.211. The van der Waals surface area contributed by atoms with E-state index in [1.165, 1.54) is 5.56 Å². The minimum absolute atomic E-state index is 0.219. The second-order valence-electron chi connectivity index (χ2n) is 5.93. The zero-order valence-electron chi connectivity index (χ0n) is 13.7. The molecule has 0 bridgehead atoms. The molecule has 1 heterocycles. The summed E-state index contributed by atoms with van der Waals surface area (Å²) in [6.45, 7) is 4.41. The SMILES string of the molecule is CC1=C(c2ccccc2)S(=O)(=O)NC1=NC[C@H](C)c1ccccc1. The molecule has 1 N–H and O–H groups in total. The molecule has 0 unspecified atom stereocenters. The van der Waals surface area contributed by atoms with Crippen LogP contribution in [0.3, 0.4) is 0 Å². The minimum atomic E-state index is -3.55. The number of nitrogens with zero attached hydrogens (tertiary/aromatic N) is 1. The summed E-state index contributed by atoms with van der Waals surface area (Å²) in [4.78, 5) is 4.83. The van der Waals surface area contributed by atoms with E-state index in [9.17, 15) is 8.42 Å². The van der Waals surface area contributed by atoms with Crippen LogP contribution in [0.2, 0.25) is 0 Å². The number of benzene rings is 2. The molecule has 0 saturated heterocycles. The van der Waals surface area contributed by atoms with Crippen LogP contribution in [0.5, 0.6) is 0 Å². The molecule has 1 aliphatic rings. The van der Waals surface area contributed by atoms with Crippen molar-refractivity contribution in [3.05, 3.63) is 77.4 Å². The third-order valence-corrected chi connectivity index (χ3v) is 5.66. The number of amidine groups is 1. The highest BCUT2D eigenvalue weighted by Gasteiger charge is 2.32. The van der Waals surface area contributed by atoms with Crippen molar-refractivity contribution in [1.82, 2.24) is 4.72 Å². The Morgan fingerprint density at radius 2 is 1.58 bits per heavy atom. The predicted octanol–water partition coefficient (Wildman–Crippen LogP) is 3.55. The second-order valence-corrected chi connectivity index (χ2v) is 7.55. The van der Waals surface area contributed by atoms with Crippen LogP contribution >= 0.6 is 0 Å². The molecule has 1 atom stereocenters. The largest absolute Gasteiger partial charge is 0.267 e. The van der Waals surface area contributed by atoms with Gasteiger partial charge in [0.1, 0.15) is 10.7 Å². The molecule has 0 amide bonds. The Labute approximate surface area is 143 Å². The van der Waals surface area contributed by atoms with Crippen LogP contribution in [0.1, 0.15) is 30.9 Å². The van der Waals surface area contributed by atoms with Gasteiger partial charge in [0.15, 0.2) is 0 Å². The molecule has 4 nitrogen and oxygen atoms in total. The lowest BCUT2D eigenvalue weighted by atomic mass is 10.0. The van der Waals surface area contributed by atoms with Gasteiger partial charge in [0, 0.05) is 18.0 Å². The van der Waals surface area contributed by atoms with Gasteiger partial charge in [0.05, 0.1) is 0 Å². The second kappa shape index (κ2) is 6.61. The molecule has 1 aliphatic heterocycles. The monoisotopic (exact) mass is 340 g/mol. The van der Waals surface area contributed by atoms with E-state index in [1.54, 1.807) is 19.1 Å². The van der Waals surface area contributed by atoms with E-state index >= 15 is 0 Å². The zero-order valence-corrected chi connectivity index (χ0v) is 14.5. The standard InChI is InChI=1S/C19H20N2O2S/c1-14(16-9-5-3-6-10-16)13-20-19-15(2)18(24(22,23)21-19)17-11-7-4-8-12-17/h3-12,14H,13H2,1-2H3,(H,20,21)/t14-/m0/s1. The van der Waals surface area contributed by atoms with Gasteiger partial charge in [0.25, 0.3) is 10.0 Å². The highest BCUT2D eigenvalue weighted by Crippen LogP contribution is 2.29. The molecule has 0 aromatic heterocycles. The van der Waals surface area contributed by atoms with E-state index in [4.69, 9.17) is 0 Å². The molecule has 0 saturated carbocycles. The minimum Gasteiger partial charge on any atom is -0.267 e. The Hall–Kier alpha value is -2.40. The quantitative estimate of drug-likeness (QED) is 0.925. The smallest absolute Gasteiger partial charge is 0.264 e. The van der Waals surface area contributed by atoms with Gasteiger partial charge >= 0.3 is 0 Å². The van der Waals surface area contributed by atoms with Gasteiger partial charge in [-0.05, 0) is 18.1 Å². The van der Waals surface area contributed by atoms with Crippen LogP contribution in [0, 0.1) is 0 Å². The number of hydrogen-bond donors (Lipinski definition) is 1. The average molecular weight is 340 g/mol. The molecule has 0 spiro atoms. The highest BCUT2D eigenvalue weighted by molar-refractivity contribution is 8.00. The maximum absolute atomic E-state index is 12.4. The van der Waals surface area contributed by atoms with Crippen LogP contribution in [-0.4, -0.2) is 20.8 Å². The summed E-state index contributed by atoms with van der Waals surface area (Å²) in [7, 11) is -3.55. The van der Waals surface area contributed by atoms with Crippen molar-refractivity contribution in [1.29, 1.82) is 0 Å². The van der Waals surface area contributed by atoms with Crippen LogP contribution in [0.25, 0.3) is 4.91 Å². The highest BCUT2D eigenvalue weighted by atomic mass is 32.2. The molecule has 3 rings (SSSR count). The van der Waals surface area contributed by atoms with E-state index in [1.807, 2.05) is 36.4 Å². The number of nitrogens with one attached hydrogen (secondary N) is 1. The summed E-state index contributed by atoms with van der Waals surface area (Å²) in [5, 5.41) is 0. The number of aliphatic imine (C=N–C) groups is 1. The summed E-state index contributed by atoms with van der Waals surface area (Å²) in [6.07, 6.45) is 0. The zero-order chi connectivity index (χ0) is 17.2. The van der Waals surface area contributed by atoms with Gasteiger partial charge in [-0.25, -0.2) is 8.42 Å². The summed E-state index contributed by atoms with van der Waals surface area (Å²) < 4.78 is 27.5. The summed E-state index contributed by atoms with van der Waals surface area (Å²) in [6, 6.07) is 19.2. The Bertz CT molecular complexity index is 885. The van der Waals surface area contributed by atoms with Gasteiger partial charge in [-0.3, -0.25) is 9.71 Å². The molecule has 24 heavy (non-hydrogen) atoms. The first-order valence-electron chi connectivity index (χ1n) is 7.88. The first-order chi connectivity index (χ1) is 11.5. The summed E-state index contributed by atoms with van der Waals surface area (Å²) in [5.74, 6) is 0.661. The van der Waals surface area contributed by atoms with Crippen LogP contribution in [-0.2, 0) is 10.0 Å². The van der Waals surface area contributed by atoms with Crippen LogP contribution < -0.4 is 4.72 Å². The normalized spacial score (nSPS) is 19.3. The van der Waals surface area contributed by atoms with E-state index in [0.717, 1.165) is 0 Å². The molecular weight excluding hydrogens is 320 g/mol. The van der Waals surface area contributed by atoms with E-state index in [2.05, 4.69) is 28.8 Å². The molecular formula is C19H20N2O2S. The van der Waals surface area contributed by atoms with Gasteiger partial charge in [0.2, 0.25) is 0 Å². The fourth-order valence-corrected chi connectivity index (χ4v) is 4.31. The summed E-state index contributed by atoms with van der Waals surface area (Å²) >= 11 is 0. The predicted molar refractivity (Wildman–Crippen MR) is 98.3 cm³/mol. The van der Waals surface area contributed by atoms with Gasteiger partial charge in [-0.2, -0.15) is 0 Å². The Morgan fingerprint density at radius 1 is 1.00 bits per heavy atom. The van der Waals surface area contributed by atoms with Crippen molar-refractivity contribution in [2.24, 2.45) is 4.99 Å². The number of rotatable bonds is 4. The van der Waals surface area contributed by atoms with Crippen LogP contribution in [0.4, 0.5) is 0 Å². The van der Waals surface area contributed by atoms with Gasteiger partial charge in [-0.15, -0.1) is 0 Å². The molecule has 2 aromatic carbocycles. The molecule has 124 valence electrons. The van der Waals surface area contributed by atoms with Crippen molar-refractivity contribution in [3.63, 3.8) is 0 Å². The Kier molecular flexibility index (Phi) is 4.53. The topological polar surface area (TPSA) is 58.5 Å². The third-order valence-electron chi connectivity index (χ3n) is 4.12. The van der Waals surface area contributed by atoms with Crippen molar-refractivity contribution in [3.8, 4) is 0 Å². The van der Waals surface area contributed by atoms with Crippen molar-refractivity contribution < 1.29 is 8.42 Å². The lowest BCUT2D eigenvalue weighted by molar-refractivity contribution is 0.603. The Morgan fingerprint density at radius 3 is 2.21 bits per heavy atom. The maximum atomic E-state index is 12.4. The number of hydrogen-bond acceptors (Lipinski definition) is 3. The lowest BCUT2D eigenvalue weighted by Gasteiger charge is -2.09. The van der Waals surface area contributed by atoms with E-state index < -0.39 is 10.0 Å².